The minimum Gasteiger partial charge on any atom is -0.480 e. The number of aromatic amines is 1. The summed E-state index contributed by atoms with van der Waals surface area (Å²) in [7, 11) is 0. The lowest BCUT2D eigenvalue weighted by Crippen LogP contribution is -2.44. The summed E-state index contributed by atoms with van der Waals surface area (Å²) in [5.74, 6) is -1.56. The van der Waals surface area contributed by atoms with Gasteiger partial charge in [0.25, 0.3) is 5.91 Å². The zero-order valence-corrected chi connectivity index (χ0v) is 11.7. The van der Waals surface area contributed by atoms with Crippen LogP contribution in [0.25, 0.3) is 10.9 Å². The van der Waals surface area contributed by atoms with Crippen molar-refractivity contribution in [1.82, 2.24) is 10.3 Å². The normalized spacial score (nSPS) is 12.6. The van der Waals surface area contributed by atoms with Crippen LogP contribution in [0.15, 0.2) is 24.3 Å². The zero-order chi connectivity index (χ0) is 14.9. The van der Waals surface area contributed by atoms with E-state index >= 15 is 0 Å². The fourth-order valence-corrected chi connectivity index (χ4v) is 2.30. The van der Waals surface area contributed by atoms with Gasteiger partial charge in [0.2, 0.25) is 0 Å². The van der Waals surface area contributed by atoms with Crippen LogP contribution in [-0.2, 0) is 4.79 Å². The fourth-order valence-electron chi connectivity index (χ4n) is 2.30. The number of carbonyl (C=O) groups excluding carboxylic acids is 1. The first kappa shape index (κ1) is 14.1. The number of aromatic nitrogens is 1. The standard InChI is InChI=1S/C15H18N2O3/c1-8(2)13(15(19)20)17-14(18)12-9(3)16-11-7-5-4-6-10(11)12/h4-8,13,16H,1-3H3,(H,17,18)(H,19,20)/t13-/m0/s1. The fraction of sp³-hybridized carbons (Fsp3) is 0.333. The number of amides is 1. The van der Waals surface area contributed by atoms with Gasteiger partial charge in [-0.1, -0.05) is 32.0 Å². The molecule has 2 rings (SSSR count). The van der Waals surface area contributed by atoms with Crippen LogP contribution in [0.1, 0.15) is 29.9 Å². The van der Waals surface area contributed by atoms with E-state index < -0.39 is 12.0 Å². The molecule has 0 saturated heterocycles. The largest absolute Gasteiger partial charge is 0.480 e. The van der Waals surface area contributed by atoms with Crippen LogP contribution in [0.2, 0.25) is 0 Å². The highest BCUT2D eigenvalue weighted by Crippen LogP contribution is 2.22. The van der Waals surface area contributed by atoms with E-state index in [0.717, 1.165) is 16.6 Å². The van der Waals surface area contributed by atoms with E-state index in [9.17, 15) is 9.59 Å². The van der Waals surface area contributed by atoms with Crippen molar-refractivity contribution < 1.29 is 14.7 Å². The number of fused-ring (bicyclic) bond motifs is 1. The molecule has 1 amide bonds. The Labute approximate surface area is 117 Å². The van der Waals surface area contributed by atoms with Crippen molar-refractivity contribution in [3.63, 3.8) is 0 Å². The van der Waals surface area contributed by atoms with Crippen LogP contribution in [0, 0.1) is 12.8 Å². The number of para-hydroxylation sites is 1. The van der Waals surface area contributed by atoms with Gasteiger partial charge in [-0.15, -0.1) is 0 Å². The molecule has 0 fully saturated rings. The van der Waals surface area contributed by atoms with Crippen molar-refractivity contribution in [1.29, 1.82) is 0 Å². The van der Waals surface area contributed by atoms with Crippen LogP contribution in [0.4, 0.5) is 0 Å². The number of aliphatic carboxylic acids is 1. The van der Waals surface area contributed by atoms with Gasteiger partial charge >= 0.3 is 5.97 Å². The highest BCUT2D eigenvalue weighted by molar-refractivity contribution is 6.08. The third-order valence-electron chi connectivity index (χ3n) is 3.34. The first-order valence-corrected chi connectivity index (χ1v) is 6.52. The predicted molar refractivity (Wildman–Crippen MR) is 76.8 cm³/mol. The maximum atomic E-state index is 12.4. The molecule has 5 heteroatoms. The summed E-state index contributed by atoms with van der Waals surface area (Å²) in [6.45, 7) is 5.34. The quantitative estimate of drug-likeness (QED) is 0.800. The number of hydrogen-bond donors (Lipinski definition) is 3. The average Bonchev–Trinajstić information content (AvgIpc) is 2.70. The molecule has 3 N–H and O–H groups in total. The van der Waals surface area contributed by atoms with Crippen molar-refractivity contribution in [2.75, 3.05) is 0 Å². The Morgan fingerprint density at radius 2 is 1.90 bits per heavy atom. The van der Waals surface area contributed by atoms with Gasteiger partial charge in [0.1, 0.15) is 6.04 Å². The maximum absolute atomic E-state index is 12.4. The van der Waals surface area contributed by atoms with Gasteiger partial charge in [0.05, 0.1) is 5.56 Å². The van der Waals surface area contributed by atoms with E-state index in [1.54, 1.807) is 20.8 Å². The Balaban J connectivity index is 2.36. The number of rotatable bonds is 4. The molecule has 106 valence electrons. The lowest BCUT2D eigenvalue weighted by molar-refractivity contribution is -0.140. The van der Waals surface area contributed by atoms with Gasteiger partial charge < -0.3 is 15.4 Å². The van der Waals surface area contributed by atoms with Gasteiger partial charge in [0.15, 0.2) is 0 Å². The van der Waals surface area contributed by atoms with Gasteiger partial charge in [0, 0.05) is 16.6 Å². The molecule has 0 saturated carbocycles. The number of H-pyrrole nitrogens is 1. The highest BCUT2D eigenvalue weighted by atomic mass is 16.4. The minimum atomic E-state index is -1.02. The molecule has 0 radical (unpaired) electrons. The molecule has 1 atom stereocenters. The molecule has 1 aromatic carbocycles. The molecular formula is C15H18N2O3. The van der Waals surface area contributed by atoms with E-state index in [4.69, 9.17) is 5.11 Å². The molecule has 0 aliphatic heterocycles. The molecule has 0 unspecified atom stereocenters. The molecule has 0 spiro atoms. The summed E-state index contributed by atoms with van der Waals surface area (Å²) in [6, 6.07) is 6.57. The molecule has 0 bridgehead atoms. The van der Waals surface area contributed by atoms with Crippen LogP contribution in [0.3, 0.4) is 0 Å². The van der Waals surface area contributed by atoms with Gasteiger partial charge in [-0.05, 0) is 18.9 Å². The molecule has 1 aromatic heterocycles. The first-order chi connectivity index (χ1) is 9.41. The van der Waals surface area contributed by atoms with E-state index in [1.807, 2.05) is 24.3 Å². The number of carboxylic acids is 1. The summed E-state index contributed by atoms with van der Waals surface area (Å²) in [4.78, 5) is 26.7. The molecule has 1 heterocycles. The molecule has 2 aromatic rings. The maximum Gasteiger partial charge on any atom is 0.326 e. The Kier molecular flexibility index (Phi) is 3.79. The number of nitrogens with one attached hydrogen (secondary N) is 2. The molecule has 0 aliphatic rings. The van der Waals surface area contributed by atoms with E-state index in [0.29, 0.717) is 5.56 Å². The van der Waals surface area contributed by atoms with Crippen LogP contribution < -0.4 is 5.32 Å². The van der Waals surface area contributed by atoms with Gasteiger partial charge in [-0.3, -0.25) is 4.79 Å². The topological polar surface area (TPSA) is 82.2 Å². The minimum absolute atomic E-state index is 0.179. The number of carboxylic acid groups (broad SMARTS) is 1. The van der Waals surface area contributed by atoms with Crippen LogP contribution in [0.5, 0.6) is 0 Å². The van der Waals surface area contributed by atoms with Crippen molar-refractivity contribution in [2.45, 2.75) is 26.8 Å². The first-order valence-electron chi connectivity index (χ1n) is 6.52. The average molecular weight is 274 g/mol. The van der Waals surface area contributed by atoms with Crippen molar-refractivity contribution in [3.05, 3.63) is 35.5 Å². The molecule has 5 nitrogen and oxygen atoms in total. The molecular weight excluding hydrogens is 256 g/mol. The number of hydrogen-bond acceptors (Lipinski definition) is 2. The van der Waals surface area contributed by atoms with E-state index in [1.165, 1.54) is 0 Å². The summed E-state index contributed by atoms with van der Waals surface area (Å²) in [6.07, 6.45) is 0. The summed E-state index contributed by atoms with van der Waals surface area (Å²) in [5.41, 5.74) is 2.11. The third kappa shape index (κ3) is 2.52. The second kappa shape index (κ2) is 5.36. The summed E-state index contributed by atoms with van der Waals surface area (Å²) in [5, 5.41) is 12.5. The van der Waals surface area contributed by atoms with Crippen LogP contribution in [-0.4, -0.2) is 28.0 Å². The second-order valence-electron chi connectivity index (χ2n) is 5.20. The van der Waals surface area contributed by atoms with Gasteiger partial charge in [-0.2, -0.15) is 0 Å². The smallest absolute Gasteiger partial charge is 0.326 e. The monoisotopic (exact) mass is 274 g/mol. The SMILES string of the molecule is Cc1[nH]c2ccccc2c1C(=O)N[C@H](C(=O)O)C(C)C. The van der Waals surface area contributed by atoms with Crippen molar-refractivity contribution in [2.24, 2.45) is 5.92 Å². The number of aryl methyl sites for hydroxylation is 1. The van der Waals surface area contributed by atoms with Gasteiger partial charge in [-0.25, -0.2) is 4.79 Å². The summed E-state index contributed by atoms with van der Waals surface area (Å²) < 4.78 is 0. The van der Waals surface area contributed by atoms with E-state index in [2.05, 4.69) is 10.3 Å². The molecule has 20 heavy (non-hydrogen) atoms. The van der Waals surface area contributed by atoms with Crippen molar-refractivity contribution >= 4 is 22.8 Å². The molecule has 0 aliphatic carbocycles. The lowest BCUT2D eigenvalue weighted by Gasteiger charge is -2.17. The van der Waals surface area contributed by atoms with Crippen molar-refractivity contribution in [3.8, 4) is 0 Å². The summed E-state index contributed by atoms with van der Waals surface area (Å²) >= 11 is 0. The number of carbonyl (C=O) groups is 2. The Bertz CT molecular complexity index is 658. The third-order valence-corrected chi connectivity index (χ3v) is 3.34. The zero-order valence-electron chi connectivity index (χ0n) is 11.7. The Hall–Kier alpha value is -2.30. The Morgan fingerprint density at radius 3 is 2.50 bits per heavy atom. The Morgan fingerprint density at radius 1 is 1.25 bits per heavy atom. The predicted octanol–water partition coefficient (Wildman–Crippen LogP) is 2.32. The highest BCUT2D eigenvalue weighted by Gasteiger charge is 2.25. The number of benzene rings is 1. The van der Waals surface area contributed by atoms with E-state index in [-0.39, 0.29) is 11.8 Å². The second-order valence-corrected chi connectivity index (χ2v) is 5.20. The van der Waals surface area contributed by atoms with Crippen LogP contribution >= 0.6 is 0 Å². The lowest BCUT2D eigenvalue weighted by atomic mass is 10.0.